The number of hydrogen-bond donors (Lipinski definition) is 1. The molecule has 0 amide bonds. The molecule has 3 aromatic heterocycles. The second-order valence-corrected chi connectivity index (χ2v) is 6.78. The summed E-state index contributed by atoms with van der Waals surface area (Å²) in [6.45, 7) is 6.46. The molecule has 3 aromatic rings. The second kappa shape index (κ2) is 6.95. The third-order valence-electron chi connectivity index (χ3n) is 4.78. The lowest BCUT2D eigenvalue weighted by Crippen LogP contribution is -2.21. The van der Waals surface area contributed by atoms with Crippen LogP contribution in [0.4, 0.5) is 5.82 Å². The van der Waals surface area contributed by atoms with E-state index in [-0.39, 0.29) is 0 Å². The van der Waals surface area contributed by atoms with Gasteiger partial charge in [-0.25, -0.2) is 19.5 Å². The van der Waals surface area contributed by atoms with E-state index in [9.17, 15) is 0 Å². The fraction of sp³-hybridized carbons (Fsp3) is 0.500. The topological polar surface area (TPSA) is 98.1 Å². The van der Waals surface area contributed by atoms with Gasteiger partial charge in [0.15, 0.2) is 11.5 Å². The number of anilines is 1. The van der Waals surface area contributed by atoms with E-state index in [0.717, 1.165) is 53.3 Å². The van der Waals surface area contributed by atoms with Gasteiger partial charge in [0, 0.05) is 44.7 Å². The zero-order valence-electron chi connectivity index (χ0n) is 15.3. The maximum atomic E-state index is 5.83. The highest BCUT2D eigenvalue weighted by Crippen LogP contribution is 2.19. The summed E-state index contributed by atoms with van der Waals surface area (Å²) in [5.74, 6) is 2.58. The van der Waals surface area contributed by atoms with Crippen molar-refractivity contribution in [2.75, 3.05) is 18.0 Å². The standard InChI is InChI=1S/C18H24N8/c1-12-11-20-13(2)18-23-16(24-26(12)18)6-5-15-21-14(10-19)9-17(22-15)25-7-3-4-8-25/h9,11H,3-8,10,19H2,1-2H3. The van der Waals surface area contributed by atoms with E-state index < -0.39 is 0 Å². The molecular formula is C18H24N8. The van der Waals surface area contributed by atoms with Crippen molar-refractivity contribution in [3.63, 3.8) is 0 Å². The molecule has 8 nitrogen and oxygen atoms in total. The molecule has 4 rings (SSSR count). The molecule has 1 saturated heterocycles. The minimum Gasteiger partial charge on any atom is -0.357 e. The van der Waals surface area contributed by atoms with E-state index in [4.69, 9.17) is 10.7 Å². The van der Waals surface area contributed by atoms with E-state index >= 15 is 0 Å². The van der Waals surface area contributed by atoms with Gasteiger partial charge in [-0.05, 0) is 26.7 Å². The summed E-state index contributed by atoms with van der Waals surface area (Å²) in [6, 6.07) is 2.01. The van der Waals surface area contributed by atoms with Crippen LogP contribution in [-0.2, 0) is 19.4 Å². The smallest absolute Gasteiger partial charge is 0.177 e. The van der Waals surface area contributed by atoms with Gasteiger partial charge >= 0.3 is 0 Å². The van der Waals surface area contributed by atoms with Crippen LogP contribution in [0.1, 0.15) is 41.6 Å². The van der Waals surface area contributed by atoms with Crippen LogP contribution in [0.2, 0.25) is 0 Å². The minimum atomic E-state index is 0.424. The Hall–Kier alpha value is -2.61. The highest BCUT2D eigenvalue weighted by molar-refractivity contribution is 5.43. The average Bonchev–Trinajstić information content (AvgIpc) is 3.33. The average molecular weight is 352 g/mol. The zero-order chi connectivity index (χ0) is 18.1. The van der Waals surface area contributed by atoms with Crippen LogP contribution in [0.15, 0.2) is 12.3 Å². The third kappa shape index (κ3) is 3.24. The normalized spacial score (nSPS) is 14.5. The molecule has 0 aliphatic carbocycles. The molecule has 136 valence electrons. The van der Waals surface area contributed by atoms with Crippen LogP contribution < -0.4 is 10.6 Å². The molecule has 1 aliphatic heterocycles. The first kappa shape index (κ1) is 16.8. The zero-order valence-corrected chi connectivity index (χ0v) is 15.3. The fourth-order valence-corrected chi connectivity index (χ4v) is 3.33. The molecule has 1 fully saturated rings. The third-order valence-corrected chi connectivity index (χ3v) is 4.78. The van der Waals surface area contributed by atoms with Crippen molar-refractivity contribution in [1.29, 1.82) is 0 Å². The molecule has 0 aromatic carbocycles. The number of nitrogens with two attached hydrogens (primary N) is 1. The van der Waals surface area contributed by atoms with Gasteiger partial charge in [-0.1, -0.05) is 0 Å². The van der Waals surface area contributed by atoms with E-state index in [1.54, 1.807) is 0 Å². The Bertz CT molecular complexity index is 887. The molecule has 0 atom stereocenters. The predicted octanol–water partition coefficient (Wildman–Crippen LogP) is 1.38. The Balaban J connectivity index is 1.56. The van der Waals surface area contributed by atoms with Gasteiger partial charge in [0.2, 0.25) is 0 Å². The highest BCUT2D eigenvalue weighted by atomic mass is 15.3. The van der Waals surface area contributed by atoms with Crippen LogP contribution in [0, 0.1) is 13.8 Å². The summed E-state index contributed by atoms with van der Waals surface area (Å²) >= 11 is 0. The summed E-state index contributed by atoms with van der Waals surface area (Å²) < 4.78 is 1.85. The van der Waals surface area contributed by atoms with Crippen LogP contribution in [0.5, 0.6) is 0 Å². The first-order valence-electron chi connectivity index (χ1n) is 9.14. The molecule has 8 heteroatoms. The van der Waals surface area contributed by atoms with Gasteiger partial charge in [-0.15, -0.1) is 0 Å². The summed E-state index contributed by atoms with van der Waals surface area (Å²) in [5, 5.41) is 4.61. The lowest BCUT2D eigenvalue weighted by atomic mass is 10.2. The Morgan fingerprint density at radius 2 is 1.81 bits per heavy atom. The van der Waals surface area contributed by atoms with Crippen LogP contribution in [0.3, 0.4) is 0 Å². The van der Waals surface area contributed by atoms with Crippen molar-refractivity contribution in [2.24, 2.45) is 5.73 Å². The maximum Gasteiger partial charge on any atom is 0.177 e. The lowest BCUT2D eigenvalue weighted by molar-refractivity contribution is 0.769. The van der Waals surface area contributed by atoms with Crippen molar-refractivity contribution < 1.29 is 0 Å². The monoisotopic (exact) mass is 352 g/mol. The van der Waals surface area contributed by atoms with Gasteiger partial charge in [-0.3, -0.25) is 4.98 Å². The molecule has 2 N–H and O–H groups in total. The van der Waals surface area contributed by atoms with Gasteiger partial charge in [-0.2, -0.15) is 5.10 Å². The number of fused-ring (bicyclic) bond motifs is 1. The van der Waals surface area contributed by atoms with Crippen LogP contribution in [-0.4, -0.2) is 42.6 Å². The summed E-state index contributed by atoms with van der Waals surface area (Å²) in [5.41, 5.74) is 9.39. The number of aryl methyl sites for hydroxylation is 4. The van der Waals surface area contributed by atoms with E-state index in [2.05, 4.69) is 25.0 Å². The van der Waals surface area contributed by atoms with E-state index in [0.29, 0.717) is 19.4 Å². The largest absolute Gasteiger partial charge is 0.357 e. The SMILES string of the molecule is Cc1ncc(C)n2nc(CCc3nc(CN)cc(N4CCCC4)n3)nc12. The molecule has 4 heterocycles. The number of nitrogens with zero attached hydrogens (tertiary/aromatic N) is 7. The van der Waals surface area contributed by atoms with Gasteiger partial charge < -0.3 is 10.6 Å². The van der Waals surface area contributed by atoms with E-state index in [1.165, 1.54) is 12.8 Å². The van der Waals surface area contributed by atoms with Gasteiger partial charge in [0.05, 0.1) is 17.1 Å². The Morgan fingerprint density at radius 3 is 2.54 bits per heavy atom. The second-order valence-electron chi connectivity index (χ2n) is 6.78. The molecule has 1 aliphatic rings. The van der Waals surface area contributed by atoms with Crippen molar-refractivity contribution in [3.05, 3.63) is 41.0 Å². The summed E-state index contributed by atoms with van der Waals surface area (Å²) in [7, 11) is 0. The number of hydrogen-bond acceptors (Lipinski definition) is 7. The van der Waals surface area contributed by atoms with Gasteiger partial charge in [0.1, 0.15) is 11.6 Å². The minimum absolute atomic E-state index is 0.424. The molecule has 0 saturated carbocycles. The van der Waals surface area contributed by atoms with Crippen molar-refractivity contribution in [1.82, 2.24) is 29.5 Å². The number of rotatable bonds is 5. The molecule has 0 bridgehead atoms. The first-order chi connectivity index (χ1) is 12.6. The maximum absolute atomic E-state index is 5.83. The molecule has 0 unspecified atom stereocenters. The molecular weight excluding hydrogens is 328 g/mol. The number of aromatic nitrogens is 6. The first-order valence-corrected chi connectivity index (χ1v) is 9.14. The Labute approximate surface area is 152 Å². The molecule has 26 heavy (non-hydrogen) atoms. The van der Waals surface area contributed by atoms with Crippen molar-refractivity contribution in [3.8, 4) is 0 Å². The van der Waals surface area contributed by atoms with Crippen LogP contribution >= 0.6 is 0 Å². The summed E-state index contributed by atoms with van der Waals surface area (Å²) in [6.07, 6.45) is 5.63. The van der Waals surface area contributed by atoms with E-state index in [1.807, 2.05) is 30.6 Å². The van der Waals surface area contributed by atoms with Crippen molar-refractivity contribution >= 4 is 11.5 Å². The molecule has 0 spiro atoms. The quantitative estimate of drug-likeness (QED) is 0.740. The van der Waals surface area contributed by atoms with Gasteiger partial charge in [0.25, 0.3) is 0 Å². The Morgan fingerprint density at radius 1 is 1.04 bits per heavy atom. The lowest BCUT2D eigenvalue weighted by Gasteiger charge is -2.17. The van der Waals surface area contributed by atoms with Crippen LogP contribution in [0.25, 0.3) is 5.65 Å². The fourth-order valence-electron chi connectivity index (χ4n) is 3.33. The highest BCUT2D eigenvalue weighted by Gasteiger charge is 2.16. The summed E-state index contributed by atoms with van der Waals surface area (Å²) in [4.78, 5) is 20.6. The predicted molar refractivity (Wildman–Crippen MR) is 99.0 cm³/mol. The molecule has 0 radical (unpaired) electrons. The Kier molecular flexibility index (Phi) is 4.50. The van der Waals surface area contributed by atoms with Crippen molar-refractivity contribution in [2.45, 2.75) is 46.1 Å².